The lowest BCUT2D eigenvalue weighted by molar-refractivity contribution is -0.192. The molecule has 0 amide bonds. The van der Waals surface area contributed by atoms with Crippen LogP contribution in [0.2, 0.25) is 0 Å². The van der Waals surface area contributed by atoms with Crippen molar-refractivity contribution in [3.8, 4) is 22.9 Å². The van der Waals surface area contributed by atoms with Gasteiger partial charge in [-0.05, 0) is 48.2 Å². The molecule has 2 aromatic carbocycles. The lowest BCUT2D eigenvalue weighted by Crippen LogP contribution is -2.40. The van der Waals surface area contributed by atoms with Crippen LogP contribution in [0, 0.1) is 11.3 Å². The van der Waals surface area contributed by atoms with Crippen molar-refractivity contribution in [3.05, 3.63) is 53.6 Å². The lowest BCUT2D eigenvalue weighted by Gasteiger charge is -2.37. The molecule has 1 unspecified atom stereocenters. The lowest BCUT2D eigenvalue weighted by atomic mass is 9.88. The van der Waals surface area contributed by atoms with Crippen molar-refractivity contribution in [3.63, 3.8) is 0 Å². The van der Waals surface area contributed by atoms with Crippen molar-refractivity contribution in [2.75, 3.05) is 13.7 Å². The van der Waals surface area contributed by atoms with E-state index >= 15 is 0 Å². The van der Waals surface area contributed by atoms with Crippen molar-refractivity contribution in [1.29, 1.82) is 5.26 Å². The number of rotatable bonds is 3. The maximum Gasteiger partial charge on any atom is 0.221 e. The van der Waals surface area contributed by atoms with Gasteiger partial charge in [0.15, 0.2) is 0 Å². The van der Waals surface area contributed by atoms with E-state index in [0.717, 1.165) is 48.3 Å². The quantitative estimate of drug-likeness (QED) is 0.844. The maximum absolute atomic E-state index is 9.24. The van der Waals surface area contributed by atoms with Crippen molar-refractivity contribution >= 4 is 5.96 Å². The molecule has 3 aliphatic rings. The number of hydrogen-bond acceptors (Lipinski definition) is 7. The monoisotopic (exact) mass is 404 g/mol. The third-order valence-electron chi connectivity index (χ3n) is 5.98. The van der Waals surface area contributed by atoms with Crippen LogP contribution in [-0.2, 0) is 15.3 Å². The summed E-state index contributed by atoms with van der Waals surface area (Å²) in [6.07, 6.45) is 3.65. The maximum atomic E-state index is 9.24. The summed E-state index contributed by atoms with van der Waals surface area (Å²) >= 11 is 0. The molecule has 0 saturated carbocycles. The van der Waals surface area contributed by atoms with Crippen LogP contribution in [-0.4, -0.2) is 36.9 Å². The van der Waals surface area contributed by atoms with Crippen LogP contribution in [0.25, 0.3) is 11.1 Å². The summed E-state index contributed by atoms with van der Waals surface area (Å²) in [6.45, 7) is 0.814. The molecule has 2 aromatic rings. The molecule has 2 N–H and O–H groups in total. The van der Waals surface area contributed by atoms with Gasteiger partial charge in [0.25, 0.3) is 0 Å². The molecule has 1 spiro atoms. The molecule has 30 heavy (non-hydrogen) atoms. The number of fused-ring (bicyclic) bond motifs is 2. The highest BCUT2D eigenvalue weighted by Crippen LogP contribution is 2.48. The molecule has 0 aliphatic carbocycles. The second-order valence-corrected chi connectivity index (χ2v) is 8.06. The molecule has 7 nitrogen and oxygen atoms in total. The van der Waals surface area contributed by atoms with Gasteiger partial charge < -0.3 is 15.2 Å². The van der Waals surface area contributed by atoms with Crippen LogP contribution in [0.4, 0.5) is 0 Å². The Morgan fingerprint density at radius 1 is 1.23 bits per heavy atom. The Morgan fingerprint density at radius 3 is 2.83 bits per heavy atom. The number of hydroxylamine groups is 2. The second-order valence-electron chi connectivity index (χ2n) is 8.06. The number of hydrogen-bond donors (Lipinski definition) is 1. The highest BCUT2D eigenvalue weighted by molar-refractivity contribution is 5.79. The Balaban J connectivity index is 1.54. The van der Waals surface area contributed by atoms with Crippen LogP contribution < -0.4 is 10.5 Å². The summed E-state index contributed by atoms with van der Waals surface area (Å²) in [5.74, 6) is 1.09. The van der Waals surface area contributed by atoms with Gasteiger partial charge in [-0.2, -0.15) is 5.26 Å². The smallest absolute Gasteiger partial charge is 0.221 e. The summed E-state index contributed by atoms with van der Waals surface area (Å²) in [7, 11) is 1.76. The molecule has 5 rings (SSSR count). The summed E-state index contributed by atoms with van der Waals surface area (Å²) in [6, 6.07) is 15.7. The van der Waals surface area contributed by atoms with Gasteiger partial charge in [0.05, 0.1) is 23.3 Å². The van der Waals surface area contributed by atoms with E-state index in [1.807, 2.05) is 36.4 Å². The minimum absolute atomic E-state index is 0.0728. The Morgan fingerprint density at radius 2 is 2.10 bits per heavy atom. The molecule has 7 heteroatoms. The number of nitriles is 1. The zero-order chi connectivity index (χ0) is 20.7. The number of guanidine groups is 1. The zero-order valence-corrected chi connectivity index (χ0v) is 16.9. The molecule has 1 saturated heterocycles. The molecule has 0 radical (unpaired) electrons. The number of nitrogens with zero attached hydrogens (tertiary/aromatic N) is 3. The Kier molecular flexibility index (Phi) is 4.61. The summed E-state index contributed by atoms with van der Waals surface area (Å²) in [5.41, 5.74) is 8.56. The van der Waals surface area contributed by atoms with Gasteiger partial charge in [-0.25, -0.2) is 14.9 Å². The predicted octanol–water partition coefficient (Wildman–Crippen LogP) is 3.29. The van der Waals surface area contributed by atoms with Gasteiger partial charge in [0, 0.05) is 26.5 Å². The van der Waals surface area contributed by atoms with E-state index in [1.165, 1.54) is 5.06 Å². The largest absolute Gasteiger partial charge is 0.490 e. The SMILES string of the molecule is CN1O[C@]2(CC(C[C@H]3CCCO3)Oc3ccc(-c4cccc(C#N)c4)cc32)N=C1N. The molecule has 3 atom stereocenters. The number of benzene rings is 2. The summed E-state index contributed by atoms with van der Waals surface area (Å²) < 4.78 is 12.2. The van der Waals surface area contributed by atoms with Crippen LogP contribution in [0.3, 0.4) is 0 Å². The van der Waals surface area contributed by atoms with Gasteiger partial charge >= 0.3 is 0 Å². The van der Waals surface area contributed by atoms with Gasteiger partial charge in [-0.1, -0.05) is 18.2 Å². The van der Waals surface area contributed by atoms with Crippen molar-refractivity contribution < 1.29 is 14.3 Å². The van der Waals surface area contributed by atoms with E-state index in [-0.39, 0.29) is 12.2 Å². The average molecular weight is 404 g/mol. The fourth-order valence-electron chi connectivity index (χ4n) is 4.52. The average Bonchev–Trinajstić information content (AvgIpc) is 3.36. The van der Waals surface area contributed by atoms with E-state index < -0.39 is 5.72 Å². The van der Waals surface area contributed by atoms with Gasteiger partial charge in [0.2, 0.25) is 11.7 Å². The summed E-state index contributed by atoms with van der Waals surface area (Å²) in [5, 5.41) is 10.8. The van der Waals surface area contributed by atoms with Gasteiger partial charge in [0.1, 0.15) is 11.9 Å². The van der Waals surface area contributed by atoms with Crippen LogP contribution in [0.5, 0.6) is 5.75 Å². The minimum atomic E-state index is -0.918. The fourth-order valence-corrected chi connectivity index (χ4v) is 4.52. The molecule has 0 aromatic heterocycles. The molecule has 3 aliphatic heterocycles. The second kappa shape index (κ2) is 7.31. The van der Waals surface area contributed by atoms with E-state index in [0.29, 0.717) is 17.9 Å². The first kappa shape index (κ1) is 18.9. The normalized spacial score (nSPS) is 27.5. The predicted molar refractivity (Wildman–Crippen MR) is 111 cm³/mol. The highest BCUT2D eigenvalue weighted by atomic mass is 16.7. The van der Waals surface area contributed by atoms with Crippen LogP contribution in [0.15, 0.2) is 47.5 Å². The number of aliphatic imine (C=N–C) groups is 1. The van der Waals surface area contributed by atoms with Gasteiger partial charge in [-0.15, -0.1) is 0 Å². The highest BCUT2D eigenvalue weighted by Gasteiger charge is 2.49. The minimum Gasteiger partial charge on any atom is -0.490 e. The molecular formula is C23H24N4O3. The van der Waals surface area contributed by atoms with Crippen LogP contribution in [0.1, 0.15) is 36.8 Å². The van der Waals surface area contributed by atoms with Crippen LogP contribution >= 0.6 is 0 Å². The Labute approximate surface area is 175 Å². The third-order valence-corrected chi connectivity index (χ3v) is 5.98. The number of ether oxygens (including phenoxy) is 2. The van der Waals surface area contributed by atoms with E-state index in [4.69, 9.17) is 25.0 Å². The van der Waals surface area contributed by atoms with E-state index in [2.05, 4.69) is 6.07 Å². The zero-order valence-electron chi connectivity index (χ0n) is 16.9. The molecular weight excluding hydrogens is 380 g/mol. The Hall–Kier alpha value is -3.08. The standard InChI is InChI=1S/C23H24N4O3/c1-27-22(25)26-23(30-27)13-19(12-18-6-3-9-28-18)29-21-8-7-17(11-20(21)23)16-5-2-4-15(10-16)14-24/h2,4-5,7-8,10-11,18-19H,3,6,9,12-13H2,1H3,(H2,25,26)/t18-,19?,23+/m1/s1. The Bertz CT molecular complexity index is 1040. The number of nitrogens with two attached hydrogens (primary N) is 1. The first-order chi connectivity index (χ1) is 14.6. The third kappa shape index (κ3) is 3.28. The van der Waals surface area contributed by atoms with E-state index in [9.17, 15) is 5.26 Å². The first-order valence-corrected chi connectivity index (χ1v) is 10.3. The fraction of sp³-hybridized carbons (Fsp3) is 0.391. The summed E-state index contributed by atoms with van der Waals surface area (Å²) in [4.78, 5) is 10.9. The van der Waals surface area contributed by atoms with E-state index in [1.54, 1.807) is 13.1 Å². The molecule has 1 fully saturated rings. The topological polar surface area (TPSA) is 93.1 Å². The van der Waals surface area contributed by atoms with Crippen molar-refractivity contribution in [2.24, 2.45) is 10.7 Å². The van der Waals surface area contributed by atoms with Crippen molar-refractivity contribution in [2.45, 2.75) is 43.6 Å². The van der Waals surface area contributed by atoms with Crippen molar-refractivity contribution in [1.82, 2.24) is 5.06 Å². The molecule has 3 heterocycles. The molecule has 0 bridgehead atoms. The first-order valence-electron chi connectivity index (χ1n) is 10.3. The van der Waals surface area contributed by atoms with Gasteiger partial charge in [-0.3, -0.25) is 0 Å². The molecule has 154 valence electrons.